The highest BCUT2D eigenvalue weighted by atomic mass is 28.3. The number of hydrogen-bond acceptors (Lipinski definition) is 9. The van der Waals surface area contributed by atoms with Crippen LogP contribution in [0, 0.1) is 28.9 Å². The van der Waals surface area contributed by atoms with E-state index < -0.39 is 25.5 Å². The summed E-state index contributed by atoms with van der Waals surface area (Å²) >= 11 is 0. The van der Waals surface area contributed by atoms with Gasteiger partial charge in [-0.1, -0.05) is 25.7 Å². The molecular weight excluding hydrogens is 683 g/mol. The van der Waals surface area contributed by atoms with Gasteiger partial charge < -0.3 is 28.8 Å². The summed E-state index contributed by atoms with van der Waals surface area (Å²) in [6.45, 7) is 12.3. The Morgan fingerprint density at radius 2 is 1.81 bits per heavy atom. The number of ether oxygens (including phenoxy) is 4. The molecule has 270 valence electrons. The molecule has 0 saturated carbocycles. The fraction of sp³-hybridized carbons (Fsp3) is 0.333. The van der Waals surface area contributed by atoms with Gasteiger partial charge in [0.2, 0.25) is 0 Å². The molecule has 3 aromatic heterocycles. The number of aromatic nitrogens is 3. The van der Waals surface area contributed by atoms with Gasteiger partial charge in [0.05, 0.1) is 30.2 Å². The van der Waals surface area contributed by atoms with Crippen LogP contribution in [0.4, 0.5) is 14.5 Å². The van der Waals surface area contributed by atoms with Crippen LogP contribution in [0.1, 0.15) is 25.0 Å². The Labute approximate surface area is 303 Å². The smallest absolute Gasteiger partial charge is 0.289 e. The van der Waals surface area contributed by atoms with Crippen LogP contribution >= 0.6 is 0 Å². The third-order valence-electron chi connectivity index (χ3n) is 8.40. The number of anilines is 1. The topological polar surface area (TPSA) is 116 Å². The second kappa shape index (κ2) is 15.9. The normalized spacial score (nSPS) is 14.5. The Morgan fingerprint density at radius 3 is 2.48 bits per heavy atom. The second-order valence-electron chi connectivity index (χ2n) is 14.2. The van der Waals surface area contributed by atoms with Gasteiger partial charge in [-0.05, 0) is 67.8 Å². The Morgan fingerprint density at radius 1 is 1.04 bits per heavy atom. The molecule has 0 bridgehead atoms. The third-order valence-corrected chi connectivity index (χ3v) is 10.1. The monoisotopic (exact) mass is 724 g/mol. The molecule has 0 radical (unpaired) electrons. The lowest BCUT2D eigenvalue weighted by molar-refractivity contribution is 0.0899. The number of nitrogens with one attached hydrogen (secondary N) is 1. The molecule has 1 aliphatic rings. The maximum atomic E-state index is 15.7. The maximum Gasteiger partial charge on any atom is 0.289 e. The van der Waals surface area contributed by atoms with Gasteiger partial charge in [0.15, 0.2) is 17.4 Å². The van der Waals surface area contributed by atoms with Gasteiger partial charge in [-0.25, -0.2) is 18.8 Å². The van der Waals surface area contributed by atoms with Gasteiger partial charge in [0.25, 0.3) is 6.02 Å². The highest BCUT2D eigenvalue weighted by Gasteiger charge is 2.23. The fourth-order valence-electron chi connectivity index (χ4n) is 5.79. The highest BCUT2D eigenvalue weighted by Crippen LogP contribution is 2.41. The molecule has 1 unspecified atom stereocenters. The van der Waals surface area contributed by atoms with Crippen LogP contribution in [0.2, 0.25) is 25.7 Å². The van der Waals surface area contributed by atoms with E-state index in [9.17, 15) is 5.26 Å². The number of rotatable bonds is 13. The first-order valence-corrected chi connectivity index (χ1v) is 20.9. The van der Waals surface area contributed by atoms with E-state index in [2.05, 4.69) is 46.0 Å². The van der Waals surface area contributed by atoms with Crippen LogP contribution < -0.4 is 14.8 Å². The summed E-state index contributed by atoms with van der Waals surface area (Å²) in [5.41, 5.74) is 3.43. The molecular formula is C39H42F2N6O4Si. The molecule has 5 aromatic rings. The Hall–Kier alpha value is -5.32. The standard InChI is InChI=1S/C39H42F2N6O4Si/c1-25(2)50-34-7-6-28(17-29(34)20-42)31-22-47(24-48-14-15-52(3,4)5)38-36(31)35(10-13-44-38)51-37-32(40)18-30(19-33(37)41)46-39-45-21-27(23-49-39)16-26-8-11-43-12-9-26/h6-13,17-19,22,25,27H,14-16,21,23-24H2,1-5H3,(H,45,46). The molecule has 0 spiro atoms. The minimum absolute atomic E-state index is 0.123. The van der Waals surface area contributed by atoms with Gasteiger partial charge in [-0.2, -0.15) is 5.26 Å². The van der Waals surface area contributed by atoms with Crippen LogP contribution in [0.15, 0.2) is 78.3 Å². The largest absolute Gasteiger partial charge is 0.490 e. The second-order valence-corrected chi connectivity index (χ2v) is 19.9. The van der Waals surface area contributed by atoms with E-state index in [0.29, 0.717) is 53.2 Å². The van der Waals surface area contributed by atoms with Gasteiger partial charge >= 0.3 is 0 Å². The lowest BCUT2D eigenvalue weighted by Crippen LogP contribution is -2.29. The van der Waals surface area contributed by atoms with E-state index in [-0.39, 0.29) is 36.2 Å². The van der Waals surface area contributed by atoms with Crippen molar-refractivity contribution in [1.29, 1.82) is 5.26 Å². The van der Waals surface area contributed by atoms with E-state index in [1.165, 1.54) is 6.20 Å². The van der Waals surface area contributed by atoms with Crippen molar-refractivity contribution in [3.8, 4) is 34.4 Å². The summed E-state index contributed by atoms with van der Waals surface area (Å²) in [6.07, 6.45) is 7.53. The summed E-state index contributed by atoms with van der Waals surface area (Å²) in [7, 11) is -1.32. The van der Waals surface area contributed by atoms with Gasteiger partial charge in [-0.3, -0.25) is 4.98 Å². The van der Waals surface area contributed by atoms with Gasteiger partial charge in [0.1, 0.15) is 29.9 Å². The maximum absolute atomic E-state index is 15.7. The quantitative estimate of drug-likeness (QED) is 0.0947. The lowest BCUT2D eigenvalue weighted by atomic mass is 10.0. The number of hydrogen-bond donors (Lipinski definition) is 1. The molecule has 1 aliphatic heterocycles. The van der Waals surface area contributed by atoms with Crippen LogP contribution in [-0.4, -0.2) is 54.5 Å². The minimum Gasteiger partial charge on any atom is -0.490 e. The molecule has 0 saturated heterocycles. The Bertz CT molecular complexity index is 2090. The predicted octanol–water partition coefficient (Wildman–Crippen LogP) is 8.80. The van der Waals surface area contributed by atoms with Crippen molar-refractivity contribution >= 4 is 30.8 Å². The van der Waals surface area contributed by atoms with E-state index in [1.807, 2.05) is 42.8 Å². The molecule has 4 heterocycles. The lowest BCUT2D eigenvalue weighted by Gasteiger charge is -2.22. The van der Waals surface area contributed by atoms with Crippen molar-refractivity contribution in [2.75, 3.05) is 25.1 Å². The van der Waals surface area contributed by atoms with Crippen LogP contribution in [0.5, 0.6) is 17.2 Å². The third kappa shape index (κ3) is 8.93. The van der Waals surface area contributed by atoms with Crippen molar-refractivity contribution in [1.82, 2.24) is 14.5 Å². The summed E-state index contributed by atoms with van der Waals surface area (Å²) in [5.74, 6) is -1.61. The molecule has 0 fully saturated rings. The summed E-state index contributed by atoms with van der Waals surface area (Å²) in [6, 6.07) is 16.4. The number of halogens is 2. The summed E-state index contributed by atoms with van der Waals surface area (Å²) < 4.78 is 56.8. The number of aliphatic imine (C=N–C) groups is 1. The molecule has 52 heavy (non-hydrogen) atoms. The molecule has 0 amide bonds. The van der Waals surface area contributed by atoms with E-state index in [1.54, 1.807) is 30.6 Å². The summed E-state index contributed by atoms with van der Waals surface area (Å²) in [4.78, 5) is 13.1. The van der Waals surface area contributed by atoms with E-state index in [4.69, 9.17) is 18.9 Å². The Balaban J connectivity index is 1.28. The number of nitrogens with zero attached hydrogens (tertiary/aromatic N) is 5. The van der Waals surface area contributed by atoms with E-state index in [0.717, 1.165) is 30.2 Å². The zero-order valence-corrected chi connectivity index (χ0v) is 31.0. The molecule has 6 rings (SSSR count). The average molecular weight is 725 g/mol. The van der Waals surface area contributed by atoms with Crippen molar-refractivity contribution in [3.05, 3.63) is 96.1 Å². The predicted molar refractivity (Wildman–Crippen MR) is 199 cm³/mol. The van der Waals surface area contributed by atoms with Crippen LogP contribution in [-0.2, 0) is 22.6 Å². The van der Waals surface area contributed by atoms with Gasteiger partial charge in [0, 0.05) is 68.8 Å². The Kier molecular flexibility index (Phi) is 11.2. The summed E-state index contributed by atoms with van der Waals surface area (Å²) in [5, 5.41) is 13.3. The first kappa shape index (κ1) is 36.5. The zero-order chi connectivity index (χ0) is 36.8. The molecule has 1 atom stereocenters. The molecule has 1 N–H and O–H groups in total. The highest BCUT2D eigenvalue weighted by molar-refractivity contribution is 6.76. The van der Waals surface area contributed by atoms with Crippen molar-refractivity contribution < 1.29 is 27.7 Å². The molecule has 2 aromatic carbocycles. The van der Waals surface area contributed by atoms with Crippen molar-refractivity contribution in [2.45, 2.75) is 58.8 Å². The van der Waals surface area contributed by atoms with Crippen LogP contribution in [0.3, 0.4) is 0 Å². The average Bonchev–Trinajstić information content (AvgIpc) is 3.48. The number of benzene rings is 2. The first-order valence-electron chi connectivity index (χ1n) is 17.2. The fourth-order valence-corrected chi connectivity index (χ4v) is 6.55. The zero-order valence-electron chi connectivity index (χ0n) is 30.0. The van der Waals surface area contributed by atoms with Crippen molar-refractivity contribution in [2.24, 2.45) is 10.9 Å². The first-order chi connectivity index (χ1) is 25.0. The van der Waals surface area contributed by atoms with E-state index >= 15 is 8.78 Å². The molecule has 0 aliphatic carbocycles. The number of nitriles is 1. The molecule has 13 heteroatoms. The number of amidine groups is 1. The SMILES string of the molecule is CC(C)Oc1ccc(-c2cn(COCC[Si](C)(C)C)c3nccc(Oc4c(F)cc(NC5=NCC(Cc6ccncc6)CO5)cc4F)c23)cc1C#N. The van der Waals surface area contributed by atoms with Crippen LogP contribution in [0.25, 0.3) is 22.2 Å². The number of fused-ring (bicyclic) bond motifs is 1. The van der Waals surface area contributed by atoms with Crippen molar-refractivity contribution in [3.63, 3.8) is 0 Å². The number of pyridine rings is 2. The minimum atomic E-state index is -1.32. The van der Waals surface area contributed by atoms with Gasteiger partial charge in [-0.15, -0.1) is 0 Å². The molecule has 10 nitrogen and oxygen atoms in total.